The van der Waals surface area contributed by atoms with Gasteiger partial charge in [-0.3, -0.25) is 5.41 Å². The molecule has 0 aliphatic rings. The number of nitrogens with one attached hydrogen (secondary N) is 1. The predicted molar refractivity (Wildman–Crippen MR) is 61.0 cm³/mol. The minimum Gasteiger partial charge on any atom is -0.496 e. The van der Waals surface area contributed by atoms with Crippen molar-refractivity contribution in [1.29, 1.82) is 5.41 Å². The van der Waals surface area contributed by atoms with Crippen LogP contribution < -0.4 is 4.74 Å². The van der Waals surface area contributed by atoms with Crippen molar-refractivity contribution in [2.45, 2.75) is 0 Å². The number of benzene rings is 1. The SMILES string of the molecule is COc1ccc(C(=N)SC)cc1Br. The fraction of sp³-hybridized carbons (Fsp3) is 0.222. The third kappa shape index (κ3) is 2.48. The van der Waals surface area contributed by atoms with Gasteiger partial charge in [0, 0.05) is 5.56 Å². The van der Waals surface area contributed by atoms with Crippen molar-refractivity contribution < 1.29 is 4.74 Å². The van der Waals surface area contributed by atoms with Gasteiger partial charge in [0.15, 0.2) is 0 Å². The van der Waals surface area contributed by atoms with Crippen molar-refractivity contribution in [3.8, 4) is 5.75 Å². The van der Waals surface area contributed by atoms with Crippen LogP contribution in [0.1, 0.15) is 5.56 Å². The normalized spacial score (nSPS) is 9.77. The van der Waals surface area contributed by atoms with Crippen LogP contribution in [0.25, 0.3) is 0 Å². The lowest BCUT2D eigenvalue weighted by atomic mass is 10.2. The standard InChI is InChI=1S/C9H10BrNOS/c1-12-8-4-3-6(5-7(8)10)9(11)13-2/h3-5,11H,1-2H3. The van der Waals surface area contributed by atoms with Crippen LogP contribution in [0.4, 0.5) is 0 Å². The molecule has 1 rings (SSSR count). The van der Waals surface area contributed by atoms with Gasteiger partial charge in [0.05, 0.1) is 16.6 Å². The van der Waals surface area contributed by atoms with Crippen LogP contribution in [-0.4, -0.2) is 18.4 Å². The highest BCUT2D eigenvalue weighted by Crippen LogP contribution is 2.26. The number of hydrogen-bond donors (Lipinski definition) is 1. The Morgan fingerprint density at radius 1 is 1.54 bits per heavy atom. The van der Waals surface area contributed by atoms with Crippen LogP contribution in [0.2, 0.25) is 0 Å². The summed E-state index contributed by atoms with van der Waals surface area (Å²) in [6.45, 7) is 0. The molecule has 1 N–H and O–H groups in total. The highest BCUT2D eigenvalue weighted by atomic mass is 79.9. The second kappa shape index (κ2) is 4.67. The first kappa shape index (κ1) is 10.6. The maximum absolute atomic E-state index is 7.60. The number of hydrogen-bond acceptors (Lipinski definition) is 3. The van der Waals surface area contributed by atoms with Crippen LogP contribution in [0, 0.1) is 5.41 Å². The summed E-state index contributed by atoms with van der Waals surface area (Å²) < 4.78 is 5.97. The molecule has 0 radical (unpaired) electrons. The molecule has 0 unspecified atom stereocenters. The van der Waals surface area contributed by atoms with Crippen LogP contribution in [0.3, 0.4) is 0 Å². The number of rotatable bonds is 2. The fourth-order valence-electron chi connectivity index (χ4n) is 0.925. The highest BCUT2D eigenvalue weighted by Gasteiger charge is 2.04. The molecule has 0 bridgehead atoms. The first-order chi connectivity index (χ1) is 6.19. The molecule has 13 heavy (non-hydrogen) atoms. The molecule has 4 heteroatoms. The number of thioether (sulfide) groups is 1. The zero-order chi connectivity index (χ0) is 9.84. The summed E-state index contributed by atoms with van der Waals surface area (Å²) in [5.41, 5.74) is 0.903. The van der Waals surface area contributed by atoms with E-state index in [4.69, 9.17) is 10.1 Å². The van der Waals surface area contributed by atoms with Crippen molar-refractivity contribution in [1.82, 2.24) is 0 Å². The number of ether oxygens (including phenoxy) is 1. The van der Waals surface area contributed by atoms with E-state index in [0.29, 0.717) is 5.04 Å². The first-order valence-electron chi connectivity index (χ1n) is 3.65. The average molecular weight is 260 g/mol. The first-order valence-corrected chi connectivity index (χ1v) is 5.67. The third-order valence-corrected chi connectivity index (χ3v) is 2.88. The van der Waals surface area contributed by atoms with Gasteiger partial charge < -0.3 is 4.74 Å². The molecule has 0 fully saturated rings. The number of halogens is 1. The van der Waals surface area contributed by atoms with Crippen LogP contribution >= 0.6 is 27.7 Å². The van der Waals surface area contributed by atoms with E-state index in [1.54, 1.807) is 7.11 Å². The van der Waals surface area contributed by atoms with Gasteiger partial charge in [-0.25, -0.2) is 0 Å². The Morgan fingerprint density at radius 2 is 2.23 bits per heavy atom. The van der Waals surface area contributed by atoms with Crippen molar-refractivity contribution >= 4 is 32.7 Å². The maximum Gasteiger partial charge on any atom is 0.133 e. The highest BCUT2D eigenvalue weighted by molar-refractivity contribution is 9.10. The molecule has 0 amide bonds. The predicted octanol–water partition coefficient (Wildman–Crippen LogP) is 3.15. The van der Waals surface area contributed by atoms with Gasteiger partial charge in [-0.1, -0.05) is 0 Å². The minimum absolute atomic E-state index is 0.559. The van der Waals surface area contributed by atoms with E-state index in [-0.39, 0.29) is 0 Å². The lowest BCUT2D eigenvalue weighted by Crippen LogP contribution is -1.93. The van der Waals surface area contributed by atoms with E-state index in [9.17, 15) is 0 Å². The topological polar surface area (TPSA) is 33.1 Å². The monoisotopic (exact) mass is 259 g/mol. The summed E-state index contributed by atoms with van der Waals surface area (Å²) >= 11 is 4.80. The lowest BCUT2D eigenvalue weighted by Gasteiger charge is -2.05. The quantitative estimate of drug-likeness (QED) is 0.654. The lowest BCUT2D eigenvalue weighted by molar-refractivity contribution is 0.412. The Bertz CT molecular complexity index is 327. The smallest absolute Gasteiger partial charge is 0.133 e. The molecule has 0 spiro atoms. The molecular formula is C9H10BrNOS. The maximum atomic E-state index is 7.60. The molecule has 0 aromatic heterocycles. The van der Waals surface area contributed by atoms with Gasteiger partial charge >= 0.3 is 0 Å². The van der Waals surface area contributed by atoms with E-state index < -0.39 is 0 Å². The molecular weight excluding hydrogens is 250 g/mol. The second-order valence-corrected chi connectivity index (χ2v) is 4.05. The van der Waals surface area contributed by atoms with Crippen molar-refractivity contribution in [2.75, 3.05) is 13.4 Å². The summed E-state index contributed by atoms with van der Waals surface area (Å²) in [4.78, 5) is 0. The zero-order valence-electron chi connectivity index (χ0n) is 7.43. The van der Waals surface area contributed by atoms with E-state index in [2.05, 4.69) is 15.9 Å². The van der Waals surface area contributed by atoms with Crippen LogP contribution in [0.5, 0.6) is 5.75 Å². The average Bonchev–Trinajstić information content (AvgIpc) is 2.16. The minimum atomic E-state index is 0.559. The van der Waals surface area contributed by atoms with Gasteiger partial charge in [-0.15, -0.1) is 11.8 Å². The molecule has 0 saturated heterocycles. The molecule has 0 atom stereocenters. The molecule has 0 aliphatic carbocycles. The Kier molecular flexibility index (Phi) is 3.81. The molecule has 0 saturated carbocycles. The van der Waals surface area contributed by atoms with E-state index in [0.717, 1.165) is 15.8 Å². The zero-order valence-corrected chi connectivity index (χ0v) is 9.83. The van der Waals surface area contributed by atoms with Gasteiger partial charge in [-0.05, 0) is 40.4 Å². The molecule has 70 valence electrons. The number of methoxy groups -OCH3 is 1. The fourth-order valence-corrected chi connectivity index (χ4v) is 1.83. The Balaban J connectivity index is 3.02. The summed E-state index contributed by atoms with van der Waals surface area (Å²) in [7, 11) is 1.62. The van der Waals surface area contributed by atoms with E-state index in [1.165, 1.54) is 11.8 Å². The molecule has 1 aromatic carbocycles. The van der Waals surface area contributed by atoms with Crippen LogP contribution in [-0.2, 0) is 0 Å². The summed E-state index contributed by atoms with van der Waals surface area (Å²) in [6, 6.07) is 5.62. The molecule has 0 heterocycles. The Morgan fingerprint density at radius 3 is 2.69 bits per heavy atom. The largest absolute Gasteiger partial charge is 0.496 e. The molecule has 1 aromatic rings. The molecule has 2 nitrogen and oxygen atoms in total. The van der Waals surface area contributed by atoms with E-state index in [1.807, 2.05) is 24.5 Å². The Hall–Kier alpha value is -0.480. The van der Waals surface area contributed by atoms with Crippen molar-refractivity contribution in [3.05, 3.63) is 28.2 Å². The van der Waals surface area contributed by atoms with Gasteiger partial charge in [0.1, 0.15) is 5.75 Å². The third-order valence-electron chi connectivity index (χ3n) is 1.62. The molecule has 0 aliphatic heterocycles. The Labute approximate surface area is 90.3 Å². The van der Waals surface area contributed by atoms with Crippen LogP contribution in [0.15, 0.2) is 22.7 Å². The second-order valence-electron chi connectivity index (χ2n) is 2.38. The summed E-state index contributed by atoms with van der Waals surface area (Å²) in [6.07, 6.45) is 1.89. The van der Waals surface area contributed by atoms with Crippen molar-refractivity contribution in [3.63, 3.8) is 0 Å². The van der Waals surface area contributed by atoms with Gasteiger partial charge in [-0.2, -0.15) is 0 Å². The van der Waals surface area contributed by atoms with Crippen molar-refractivity contribution in [2.24, 2.45) is 0 Å². The van der Waals surface area contributed by atoms with Gasteiger partial charge in [0.25, 0.3) is 0 Å². The summed E-state index contributed by atoms with van der Waals surface area (Å²) in [5.74, 6) is 0.789. The van der Waals surface area contributed by atoms with E-state index >= 15 is 0 Å². The van der Waals surface area contributed by atoms with Gasteiger partial charge in [0.2, 0.25) is 0 Å². The summed E-state index contributed by atoms with van der Waals surface area (Å²) in [5, 5.41) is 8.16.